The van der Waals surface area contributed by atoms with E-state index in [4.69, 9.17) is 0 Å². The minimum Gasteiger partial charge on any atom is -0.345 e. The van der Waals surface area contributed by atoms with Crippen molar-refractivity contribution in [2.45, 2.75) is 6.54 Å². The number of benzene rings is 1. The minimum absolute atomic E-state index is 0.232. The van der Waals surface area contributed by atoms with Crippen molar-refractivity contribution in [3.05, 3.63) is 54.0 Å². The molecular formula is C15H12N6O. The van der Waals surface area contributed by atoms with Gasteiger partial charge in [0, 0.05) is 17.0 Å². The quantitative estimate of drug-likeness (QED) is 0.535. The van der Waals surface area contributed by atoms with Crippen molar-refractivity contribution in [3.8, 4) is 0 Å². The number of hydrogen-bond acceptors (Lipinski definition) is 4. The molecule has 0 saturated heterocycles. The first-order valence-corrected chi connectivity index (χ1v) is 6.82. The van der Waals surface area contributed by atoms with Crippen LogP contribution >= 0.6 is 0 Å². The Kier molecular flexibility index (Phi) is 2.82. The molecule has 0 fully saturated rings. The van der Waals surface area contributed by atoms with Crippen molar-refractivity contribution in [2.24, 2.45) is 0 Å². The van der Waals surface area contributed by atoms with Crippen molar-refractivity contribution in [1.29, 1.82) is 0 Å². The van der Waals surface area contributed by atoms with Gasteiger partial charge in [0.25, 0.3) is 5.91 Å². The van der Waals surface area contributed by atoms with Gasteiger partial charge in [-0.2, -0.15) is 10.2 Å². The average Bonchev–Trinajstić information content (AvgIpc) is 3.17. The number of H-pyrrole nitrogens is 2. The maximum absolute atomic E-state index is 12.3. The largest absolute Gasteiger partial charge is 0.345 e. The number of aromatic nitrogens is 5. The predicted octanol–water partition coefficient (Wildman–Crippen LogP) is 1.76. The third-order valence-corrected chi connectivity index (χ3v) is 3.52. The molecule has 0 radical (unpaired) electrons. The number of nitrogens with one attached hydrogen (secondary N) is 3. The maximum Gasteiger partial charge on any atom is 0.272 e. The van der Waals surface area contributed by atoms with Crippen LogP contribution in [0.1, 0.15) is 16.2 Å². The van der Waals surface area contributed by atoms with Crippen LogP contribution in [-0.4, -0.2) is 31.3 Å². The highest BCUT2D eigenvalue weighted by Gasteiger charge is 2.14. The summed E-state index contributed by atoms with van der Waals surface area (Å²) in [4.78, 5) is 16.5. The van der Waals surface area contributed by atoms with Gasteiger partial charge in [0.2, 0.25) is 0 Å². The Bertz CT molecular complexity index is 970. The smallest absolute Gasteiger partial charge is 0.272 e. The molecule has 108 valence electrons. The molecule has 0 unspecified atom stereocenters. The van der Waals surface area contributed by atoms with Crippen LogP contribution in [0.15, 0.2) is 42.6 Å². The Hall–Kier alpha value is -3.22. The maximum atomic E-state index is 12.3. The van der Waals surface area contributed by atoms with E-state index in [0.29, 0.717) is 17.9 Å². The van der Waals surface area contributed by atoms with E-state index in [0.717, 1.165) is 22.0 Å². The molecule has 0 spiro atoms. The molecule has 7 heteroatoms. The van der Waals surface area contributed by atoms with Gasteiger partial charge >= 0.3 is 0 Å². The molecule has 1 aromatic carbocycles. The van der Waals surface area contributed by atoms with Crippen molar-refractivity contribution < 1.29 is 4.79 Å². The topological polar surface area (TPSA) is 99.3 Å². The van der Waals surface area contributed by atoms with Gasteiger partial charge in [-0.15, -0.1) is 0 Å². The Morgan fingerprint density at radius 3 is 2.86 bits per heavy atom. The van der Waals surface area contributed by atoms with Crippen LogP contribution in [0.2, 0.25) is 0 Å². The minimum atomic E-state index is -0.232. The van der Waals surface area contributed by atoms with E-state index in [9.17, 15) is 4.79 Å². The van der Waals surface area contributed by atoms with Crippen LogP contribution in [0.5, 0.6) is 0 Å². The fraction of sp³-hybridized carbons (Fsp3) is 0.0667. The lowest BCUT2D eigenvalue weighted by molar-refractivity contribution is 0.0947. The number of nitrogens with zero attached hydrogens (tertiary/aromatic N) is 3. The van der Waals surface area contributed by atoms with Crippen LogP contribution in [-0.2, 0) is 6.54 Å². The van der Waals surface area contributed by atoms with Crippen molar-refractivity contribution in [1.82, 2.24) is 30.7 Å². The van der Waals surface area contributed by atoms with Crippen LogP contribution in [0.3, 0.4) is 0 Å². The third-order valence-electron chi connectivity index (χ3n) is 3.52. The Balaban J connectivity index is 1.57. The molecule has 3 aromatic heterocycles. The zero-order valence-electron chi connectivity index (χ0n) is 11.5. The summed E-state index contributed by atoms with van der Waals surface area (Å²) in [7, 11) is 0. The Labute approximate surface area is 124 Å². The van der Waals surface area contributed by atoms with E-state index in [1.165, 1.54) is 0 Å². The Morgan fingerprint density at radius 1 is 1.05 bits per heavy atom. The molecule has 0 aliphatic carbocycles. The molecule has 3 heterocycles. The molecule has 4 rings (SSSR count). The third kappa shape index (κ3) is 1.99. The van der Waals surface area contributed by atoms with Crippen LogP contribution in [0, 0.1) is 0 Å². The van der Waals surface area contributed by atoms with Gasteiger partial charge in [-0.3, -0.25) is 15.0 Å². The van der Waals surface area contributed by atoms with E-state index < -0.39 is 0 Å². The van der Waals surface area contributed by atoms with Crippen LogP contribution in [0.25, 0.3) is 21.9 Å². The molecule has 3 N–H and O–H groups in total. The zero-order valence-corrected chi connectivity index (χ0v) is 11.5. The van der Waals surface area contributed by atoms with Gasteiger partial charge in [-0.25, -0.2) is 4.98 Å². The molecule has 7 nitrogen and oxygen atoms in total. The molecule has 0 bridgehead atoms. The first kappa shape index (κ1) is 12.5. The summed E-state index contributed by atoms with van der Waals surface area (Å²) in [6.45, 7) is 0.336. The van der Waals surface area contributed by atoms with Gasteiger partial charge in [0.1, 0.15) is 0 Å². The predicted molar refractivity (Wildman–Crippen MR) is 81.2 cm³/mol. The Morgan fingerprint density at radius 2 is 1.91 bits per heavy atom. The van der Waals surface area contributed by atoms with E-state index >= 15 is 0 Å². The number of hydrogen-bond donors (Lipinski definition) is 3. The summed E-state index contributed by atoms with van der Waals surface area (Å²) < 4.78 is 0. The first-order chi connectivity index (χ1) is 10.8. The molecule has 0 aliphatic heterocycles. The normalized spacial score (nSPS) is 11.1. The lowest BCUT2D eigenvalue weighted by Gasteiger charge is -2.02. The lowest BCUT2D eigenvalue weighted by atomic mass is 10.2. The number of amides is 1. The average molecular weight is 292 g/mol. The van der Waals surface area contributed by atoms with E-state index in [2.05, 4.69) is 30.7 Å². The first-order valence-electron chi connectivity index (χ1n) is 6.82. The zero-order chi connectivity index (χ0) is 14.9. The highest BCUT2D eigenvalue weighted by atomic mass is 16.1. The summed E-state index contributed by atoms with van der Waals surface area (Å²) >= 11 is 0. The van der Waals surface area contributed by atoms with Gasteiger partial charge in [-0.05, 0) is 18.2 Å². The second-order valence-corrected chi connectivity index (χ2v) is 4.88. The summed E-state index contributed by atoms with van der Waals surface area (Å²) in [6, 6.07) is 11.3. The molecule has 4 aromatic rings. The fourth-order valence-corrected chi connectivity index (χ4v) is 2.43. The second-order valence-electron chi connectivity index (χ2n) is 4.88. The van der Waals surface area contributed by atoms with E-state index in [1.54, 1.807) is 6.20 Å². The van der Waals surface area contributed by atoms with Gasteiger partial charge in [-0.1, -0.05) is 18.2 Å². The van der Waals surface area contributed by atoms with Crippen LogP contribution < -0.4 is 5.32 Å². The monoisotopic (exact) mass is 292 g/mol. The van der Waals surface area contributed by atoms with Crippen molar-refractivity contribution in [2.75, 3.05) is 0 Å². The summed E-state index contributed by atoms with van der Waals surface area (Å²) in [5, 5.41) is 18.5. The molecule has 0 saturated carbocycles. The highest BCUT2D eigenvalue weighted by Crippen LogP contribution is 2.16. The van der Waals surface area contributed by atoms with Crippen molar-refractivity contribution >= 4 is 27.8 Å². The molecule has 22 heavy (non-hydrogen) atoms. The molecule has 1 amide bonds. The van der Waals surface area contributed by atoms with Crippen LogP contribution in [0.4, 0.5) is 0 Å². The van der Waals surface area contributed by atoms with E-state index in [-0.39, 0.29) is 5.91 Å². The highest BCUT2D eigenvalue weighted by molar-refractivity contribution is 6.04. The van der Waals surface area contributed by atoms with Gasteiger partial charge < -0.3 is 5.32 Å². The number of rotatable bonds is 3. The van der Waals surface area contributed by atoms with Gasteiger partial charge in [0.15, 0.2) is 11.3 Å². The number of para-hydroxylation sites is 1. The summed E-state index contributed by atoms with van der Waals surface area (Å²) in [5.41, 5.74) is 2.68. The standard InChI is InChI=1S/C15H12N6O/c22-15(13-9-4-1-2-6-11(9)18-20-13)17-8-12-10-5-3-7-16-14(10)21-19-12/h1-7H,8H2,(H,17,22)(H,18,20)(H,16,19,21). The summed E-state index contributed by atoms with van der Waals surface area (Å²) in [5.74, 6) is -0.232. The number of aromatic amines is 2. The second kappa shape index (κ2) is 4.96. The number of carbonyl (C=O) groups excluding carboxylic acids is 1. The van der Waals surface area contributed by atoms with E-state index in [1.807, 2.05) is 36.4 Å². The number of carbonyl (C=O) groups is 1. The van der Waals surface area contributed by atoms with Crippen molar-refractivity contribution in [3.63, 3.8) is 0 Å². The lowest BCUT2D eigenvalue weighted by Crippen LogP contribution is -2.23. The van der Waals surface area contributed by atoms with Gasteiger partial charge in [0.05, 0.1) is 17.8 Å². The SMILES string of the molecule is O=C(NCc1[nH]nc2ncccc12)c1n[nH]c2ccccc12. The molecule has 0 aliphatic rings. The number of fused-ring (bicyclic) bond motifs is 2. The number of pyridine rings is 1. The molecule has 0 atom stereocenters. The molecular weight excluding hydrogens is 280 g/mol. The fourth-order valence-electron chi connectivity index (χ4n) is 2.43. The summed E-state index contributed by atoms with van der Waals surface area (Å²) in [6.07, 6.45) is 1.68.